The minimum Gasteiger partial charge on any atom is -0.496 e. The van der Waals surface area contributed by atoms with E-state index in [2.05, 4.69) is 4.98 Å². The first kappa shape index (κ1) is 20.3. The first-order valence-electron chi connectivity index (χ1n) is 10.3. The van der Waals surface area contributed by atoms with Gasteiger partial charge in [0.15, 0.2) is 0 Å². The van der Waals surface area contributed by atoms with E-state index in [0.717, 1.165) is 10.9 Å². The van der Waals surface area contributed by atoms with E-state index >= 15 is 0 Å². The Labute approximate surface area is 175 Å². The number of carbonyl (C=O) groups excluding carboxylic acids is 3. The SMILES string of the molecule is COc1cccc2[nH]c(C(=O)N3CCC4(CC3)C(=O)N(C)C(=O)N4CC(C)C)cc12. The minimum absolute atomic E-state index is 0.108. The van der Waals surface area contributed by atoms with Gasteiger partial charge >= 0.3 is 6.03 Å². The van der Waals surface area contributed by atoms with Crippen molar-refractivity contribution in [3.63, 3.8) is 0 Å². The third-order valence-electron chi connectivity index (χ3n) is 6.24. The summed E-state index contributed by atoms with van der Waals surface area (Å²) < 4.78 is 5.38. The molecule has 8 nitrogen and oxygen atoms in total. The molecule has 2 saturated heterocycles. The van der Waals surface area contributed by atoms with E-state index in [0.29, 0.717) is 43.9 Å². The number of H-pyrrole nitrogens is 1. The number of nitrogens with zero attached hydrogens (tertiary/aromatic N) is 3. The number of likely N-dealkylation sites (N-methyl/N-ethyl adjacent to an activating group) is 1. The zero-order valence-electron chi connectivity index (χ0n) is 17.9. The quantitative estimate of drug-likeness (QED) is 0.783. The molecule has 2 aromatic rings. The molecule has 2 aliphatic rings. The number of hydrogen-bond acceptors (Lipinski definition) is 4. The van der Waals surface area contributed by atoms with Crippen molar-refractivity contribution in [2.24, 2.45) is 5.92 Å². The molecule has 160 valence electrons. The molecule has 1 N–H and O–H groups in total. The van der Waals surface area contributed by atoms with E-state index in [1.54, 1.807) is 24.0 Å². The fraction of sp³-hybridized carbons (Fsp3) is 0.500. The molecule has 0 aliphatic carbocycles. The summed E-state index contributed by atoms with van der Waals surface area (Å²) >= 11 is 0. The van der Waals surface area contributed by atoms with Crippen LogP contribution in [0, 0.1) is 5.92 Å². The molecule has 0 bridgehead atoms. The Morgan fingerprint density at radius 1 is 1.23 bits per heavy atom. The highest BCUT2D eigenvalue weighted by Crippen LogP contribution is 2.37. The third-order valence-corrected chi connectivity index (χ3v) is 6.24. The normalized spacial score (nSPS) is 18.9. The number of hydrogen-bond donors (Lipinski definition) is 1. The molecule has 1 spiro atoms. The van der Waals surface area contributed by atoms with E-state index in [9.17, 15) is 14.4 Å². The number of nitrogens with one attached hydrogen (secondary N) is 1. The van der Waals surface area contributed by atoms with Crippen LogP contribution >= 0.6 is 0 Å². The summed E-state index contributed by atoms with van der Waals surface area (Å²) in [6.07, 6.45) is 0.897. The lowest BCUT2D eigenvalue weighted by Crippen LogP contribution is -2.58. The van der Waals surface area contributed by atoms with Crippen molar-refractivity contribution in [3.05, 3.63) is 30.0 Å². The topological polar surface area (TPSA) is 86.0 Å². The van der Waals surface area contributed by atoms with Gasteiger partial charge in [0.2, 0.25) is 0 Å². The van der Waals surface area contributed by atoms with Gasteiger partial charge < -0.3 is 19.5 Å². The lowest BCUT2D eigenvalue weighted by atomic mass is 9.85. The van der Waals surface area contributed by atoms with Crippen molar-refractivity contribution in [1.82, 2.24) is 19.7 Å². The maximum absolute atomic E-state index is 13.1. The standard InChI is InChI=1S/C22H28N4O4/c1-14(2)13-26-21(29)24(3)20(28)22(26)8-10-25(11-9-22)19(27)17-12-15-16(23-17)6-5-7-18(15)30-4/h5-7,12,14,23H,8-11,13H2,1-4H3. The van der Waals surface area contributed by atoms with Crippen molar-refractivity contribution in [2.45, 2.75) is 32.2 Å². The van der Waals surface area contributed by atoms with Crippen LogP contribution in [-0.2, 0) is 4.79 Å². The summed E-state index contributed by atoms with van der Waals surface area (Å²) in [4.78, 5) is 46.6. The van der Waals surface area contributed by atoms with Gasteiger partial charge in [-0.25, -0.2) is 4.79 Å². The van der Waals surface area contributed by atoms with Crippen LogP contribution in [0.1, 0.15) is 37.2 Å². The molecule has 30 heavy (non-hydrogen) atoms. The summed E-state index contributed by atoms with van der Waals surface area (Å²) in [5, 5.41) is 0.859. The number of methoxy groups -OCH3 is 1. The van der Waals surface area contributed by atoms with E-state index in [4.69, 9.17) is 4.74 Å². The first-order valence-corrected chi connectivity index (χ1v) is 10.3. The number of rotatable bonds is 4. The Bertz CT molecular complexity index is 1000. The molecule has 3 heterocycles. The molecular formula is C22H28N4O4. The monoisotopic (exact) mass is 412 g/mol. The smallest absolute Gasteiger partial charge is 0.327 e. The second kappa shape index (κ2) is 7.34. The highest BCUT2D eigenvalue weighted by Gasteiger charge is 2.57. The zero-order valence-corrected chi connectivity index (χ0v) is 17.9. The minimum atomic E-state index is -0.837. The van der Waals surface area contributed by atoms with Crippen LogP contribution in [0.3, 0.4) is 0 Å². The summed E-state index contributed by atoms with van der Waals surface area (Å²) in [7, 11) is 3.15. The average Bonchev–Trinajstić information content (AvgIpc) is 3.25. The molecule has 4 amide bonds. The van der Waals surface area contributed by atoms with Crippen LogP contribution in [0.25, 0.3) is 10.9 Å². The highest BCUT2D eigenvalue weighted by molar-refractivity contribution is 6.07. The van der Waals surface area contributed by atoms with Crippen molar-refractivity contribution in [3.8, 4) is 5.75 Å². The van der Waals surface area contributed by atoms with Crippen molar-refractivity contribution < 1.29 is 19.1 Å². The summed E-state index contributed by atoms with van der Waals surface area (Å²) in [5.41, 5.74) is 0.499. The molecular weight excluding hydrogens is 384 g/mol. The Balaban J connectivity index is 1.54. The molecule has 2 aliphatic heterocycles. The fourth-order valence-corrected chi connectivity index (χ4v) is 4.65. The van der Waals surface area contributed by atoms with Crippen LogP contribution in [-0.4, -0.2) is 76.9 Å². The lowest BCUT2D eigenvalue weighted by molar-refractivity contribution is -0.134. The predicted octanol–water partition coefficient (Wildman–Crippen LogP) is 2.70. The molecule has 1 aromatic heterocycles. The van der Waals surface area contributed by atoms with Gasteiger partial charge in [-0.1, -0.05) is 19.9 Å². The number of aromatic nitrogens is 1. The Morgan fingerprint density at radius 3 is 2.57 bits per heavy atom. The van der Waals surface area contributed by atoms with Crippen molar-refractivity contribution in [2.75, 3.05) is 33.8 Å². The van der Waals surface area contributed by atoms with Gasteiger partial charge in [-0.15, -0.1) is 0 Å². The van der Waals surface area contributed by atoms with E-state index < -0.39 is 5.54 Å². The van der Waals surface area contributed by atoms with Crippen molar-refractivity contribution >= 4 is 28.7 Å². The second-order valence-corrected chi connectivity index (χ2v) is 8.58. The van der Waals surface area contributed by atoms with Gasteiger partial charge in [0.25, 0.3) is 11.8 Å². The second-order valence-electron chi connectivity index (χ2n) is 8.58. The summed E-state index contributed by atoms with van der Waals surface area (Å²) in [6, 6.07) is 7.21. The average molecular weight is 412 g/mol. The van der Waals surface area contributed by atoms with Crippen LogP contribution in [0.5, 0.6) is 5.75 Å². The number of carbonyl (C=O) groups is 3. The lowest BCUT2D eigenvalue weighted by Gasteiger charge is -2.42. The van der Waals surface area contributed by atoms with Gasteiger partial charge in [0, 0.05) is 37.6 Å². The number of likely N-dealkylation sites (tertiary alicyclic amines) is 1. The number of benzene rings is 1. The number of fused-ring (bicyclic) bond motifs is 1. The third kappa shape index (κ3) is 3.02. The number of imide groups is 1. The van der Waals surface area contributed by atoms with Crippen LogP contribution in [0.2, 0.25) is 0 Å². The largest absolute Gasteiger partial charge is 0.496 e. The fourth-order valence-electron chi connectivity index (χ4n) is 4.65. The number of aromatic amines is 1. The zero-order chi connectivity index (χ0) is 21.6. The van der Waals surface area contributed by atoms with E-state index in [1.807, 2.05) is 38.1 Å². The molecule has 1 aromatic carbocycles. The number of ether oxygens (including phenoxy) is 1. The van der Waals surface area contributed by atoms with Crippen LogP contribution in [0.15, 0.2) is 24.3 Å². The number of urea groups is 1. The predicted molar refractivity (Wildman–Crippen MR) is 112 cm³/mol. The highest BCUT2D eigenvalue weighted by atomic mass is 16.5. The Kier molecular flexibility index (Phi) is 4.95. The van der Waals surface area contributed by atoms with E-state index in [-0.39, 0.29) is 23.8 Å². The molecule has 0 saturated carbocycles. The van der Waals surface area contributed by atoms with E-state index in [1.165, 1.54) is 4.90 Å². The van der Waals surface area contributed by atoms with Gasteiger partial charge in [0.1, 0.15) is 17.0 Å². The summed E-state index contributed by atoms with van der Waals surface area (Å²) in [5.74, 6) is 0.702. The van der Waals surface area contributed by atoms with Crippen LogP contribution < -0.4 is 4.74 Å². The van der Waals surface area contributed by atoms with Gasteiger partial charge in [0.05, 0.1) is 7.11 Å². The maximum Gasteiger partial charge on any atom is 0.327 e. The first-order chi connectivity index (χ1) is 14.3. The molecule has 0 atom stereocenters. The summed E-state index contributed by atoms with van der Waals surface area (Å²) in [6.45, 7) is 5.45. The van der Waals surface area contributed by atoms with Gasteiger partial charge in [-0.3, -0.25) is 14.5 Å². The number of amides is 4. The molecule has 0 radical (unpaired) electrons. The molecule has 4 rings (SSSR count). The van der Waals surface area contributed by atoms with Crippen LogP contribution in [0.4, 0.5) is 4.79 Å². The maximum atomic E-state index is 13.1. The Hall–Kier alpha value is -3.03. The molecule has 2 fully saturated rings. The van der Waals surface area contributed by atoms with Gasteiger partial charge in [-0.05, 0) is 37.0 Å². The van der Waals surface area contributed by atoms with Crippen molar-refractivity contribution in [1.29, 1.82) is 0 Å². The number of piperidine rings is 1. The molecule has 0 unspecified atom stereocenters. The molecule has 8 heteroatoms. The van der Waals surface area contributed by atoms with Gasteiger partial charge in [-0.2, -0.15) is 0 Å². The Morgan fingerprint density at radius 2 is 1.93 bits per heavy atom.